The summed E-state index contributed by atoms with van der Waals surface area (Å²) in [6, 6.07) is 9.65. The van der Waals surface area contributed by atoms with E-state index < -0.39 is 5.54 Å². The van der Waals surface area contributed by atoms with Gasteiger partial charge in [0, 0.05) is 6.54 Å². The SMILES string of the molecule is C=CCNC(C(=O)OC)(c1ccccc1)C(C)C. The summed E-state index contributed by atoms with van der Waals surface area (Å²) in [5.74, 6) is -0.210. The zero-order valence-corrected chi connectivity index (χ0v) is 11.3. The third-order valence-corrected chi connectivity index (χ3v) is 3.13. The number of methoxy groups -OCH3 is 1. The van der Waals surface area contributed by atoms with E-state index in [1.807, 2.05) is 44.2 Å². The maximum Gasteiger partial charge on any atom is 0.331 e. The molecule has 18 heavy (non-hydrogen) atoms. The van der Waals surface area contributed by atoms with Crippen LogP contribution >= 0.6 is 0 Å². The van der Waals surface area contributed by atoms with E-state index in [-0.39, 0.29) is 11.9 Å². The van der Waals surface area contributed by atoms with Crippen molar-refractivity contribution < 1.29 is 9.53 Å². The zero-order valence-electron chi connectivity index (χ0n) is 11.3. The highest BCUT2D eigenvalue weighted by molar-refractivity contribution is 5.83. The number of benzene rings is 1. The fourth-order valence-electron chi connectivity index (χ4n) is 2.16. The Labute approximate surface area is 109 Å². The van der Waals surface area contributed by atoms with Gasteiger partial charge >= 0.3 is 5.97 Å². The lowest BCUT2D eigenvalue weighted by molar-refractivity contribution is -0.151. The molecule has 98 valence electrons. The third kappa shape index (κ3) is 2.62. The molecule has 1 rings (SSSR count). The molecule has 1 aromatic rings. The maximum absolute atomic E-state index is 12.3. The zero-order chi connectivity index (χ0) is 13.6. The molecular formula is C15H21NO2. The number of nitrogens with one attached hydrogen (secondary N) is 1. The quantitative estimate of drug-likeness (QED) is 0.620. The first-order chi connectivity index (χ1) is 8.59. The van der Waals surface area contributed by atoms with E-state index >= 15 is 0 Å². The number of hydrogen-bond acceptors (Lipinski definition) is 3. The molecule has 0 aliphatic heterocycles. The fourth-order valence-corrected chi connectivity index (χ4v) is 2.16. The molecule has 0 heterocycles. The molecule has 3 nitrogen and oxygen atoms in total. The van der Waals surface area contributed by atoms with Crippen molar-refractivity contribution >= 4 is 5.97 Å². The number of esters is 1. The van der Waals surface area contributed by atoms with E-state index in [0.717, 1.165) is 5.56 Å². The molecule has 1 unspecified atom stereocenters. The minimum atomic E-state index is -0.829. The molecule has 0 radical (unpaired) electrons. The second-order valence-corrected chi connectivity index (χ2v) is 4.49. The summed E-state index contributed by atoms with van der Waals surface area (Å²) in [6.07, 6.45) is 1.74. The van der Waals surface area contributed by atoms with Crippen molar-refractivity contribution in [3.63, 3.8) is 0 Å². The van der Waals surface area contributed by atoms with E-state index in [0.29, 0.717) is 6.54 Å². The number of ether oxygens (including phenoxy) is 1. The van der Waals surface area contributed by atoms with Gasteiger partial charge in [-0.1, -0.05) is 50.3 Å². The number of carbonyl (C=O) groups excluding carboxylic acids is 1. The lowest BCUT2D eigenvalue weighted by Gasteiger charge is -2.36. The van der Waals surface area contributed by atoms with Crippen molar-refractivity contribution in [3.05, 3.63) is 48.6 Å². The first kappa shape index (κ1) is 14.5. The largest absolute Gasteiger partial charge is 0.467 e. The number of rotatable bonds is 6. The summed E-state index contributed by atoms with van der Waals surface area (Å²) in [7, 11) is 1.41. The van der Waals surface area contributed by atoms with Crippen molar-refractivity contribution in [3.8, 4) is 0 Å². The van der Waals surface area contributed by atoms with Gasteiger partial charge in [-0.25, -0.2) is 4.79 Å². The van der Waals surface area contributed by atoms with Crippen LogP contribution in [0, 0.1) is 5.92 Å². The lowest BCUT2D eigenvalue weighted by Crippen LogP contribution is -2.53. The molecule has 0 spiro atoms. The molecule has 1 N–H and O–H groups in total. The van der Waals surface area contributed by atoms with Gasteiger partial charge in [0.05, 0.1) is 7.11 Å². The van der Waals surface area contributed by atoms with Crippen molar-refractivity contribution in [2.24, 2.45) is 5.92 Å². The van der Waals surface area contributed by atoms with Gasteiger partial charge in [-0.15, -0.1) is 6.58 Å². The topological polar surface area (TPSA) is 38.3 Å². The third-order valence-electron chi connectivity index (χ3n) is 3.13. The van der Waals surface area contributed by atoms with Crippen molar-refractivity contribution in [1.82, 2.24) is 5.32 Å². The second kappa shape index (κ2) is 6.36. The van der Waals surface area contributed by atoms with E-state index in [1.54, 1.807) is 6.08 Å². The molecule has 0 bridgehead atoms. The fraction of sp³-hybridized carbons (Fsp3) is 0.400. The van der Waals surface area contributed by atoms with Crippen LogP contribution in [0.2, 0.25) is 0 Å². The summed E-state index contributed by atoms with van der Waals surface area (Å²) < 4.78 is 4.99. The van der Waals surface area contributed by atoms with E-state index in [2.05, 4.69) is 11.9 Å². The van der Waals surface area contributed by atoms with Crippen LogP contribution in [-0.2, 0) is 15.1 Å². The highest BCUT2D eigenvalue weighted by atomic mass is 16.5. The van der Waals surface area contributed by atoms with Crippen LogP contribution in [0.25, 0.3) is 0 Å². The first-order valence-electron chi connectivity index (χ1n) is 6.09. The Balaban J connectivity index is 3.28. The Morgan fingerprint density at radius 2 is 2.06 bits per heavy atom. The first-order valence-corrected chi connectivity index (χ1v) is 6.09. The number of hydrogen-bond donors (Lipinski definition) is 1. The van der Waals surface area contributed by atoms with Gasteiger partial charge < -0.3 is 4.74 Å². The predicted octanol–water partition coefficient (Wildman–Crippen LogP) is 2.49. The van der Waals surface area contributed by atoms with E-state index in [9.17, 15) is 4.79 Å². The van der Waals surface area contributed by atoms with Gasteiger partial charge in [-0.3, -0.25) is 5.32 Å². The van der Waals surface area contributed by atoms with Gasteiger partial charge in [0.1, 0.15) is 5.54 Å². The molecule has 0 aromatic heterocycles. The Morgan fingerprint density at radius 1 is 1.44 bits per heavy atom. The van der Waals surface area contributed by atoms with Crippen molar-refractivity contribution in [1.29, 1.82) is 0 Å². The van der Waals surface area contributed by atoms with Crippen LogP contribution in [0.3, 0.4) is 0 Å². The van der Waals surface area contributed by atoms with Crippen LogP contribution in [0.4, 0.5) is 0 Å². The summed E-state index contributed by atoms with van der Waals surface area (Å²) in [6.45, 7) is 8.23. The summed E-state index contributed by atoms with van der Waals surface area (Å²) >= 11 is 0. The van der Waals surface area contributed by atoms with Gasteiger partial charge in [-0.2, -0.15) is 0 Å². The van der Waals surface area contributed by atoms with Gasteiger partial charge in [0.2, 0.25) is 0 Å². The van der Waals surface area contributed by atoms with Crippen LogP contribution < -0.4 is 5.32 Å². The highest BCUT2D eigenvalue weighted by Crippen LogP contribution is 2.31. The second-order valence-electron chi connectivity index (χ2n) is 4.49. The average molecular weight is 247 g/mol. The Bertz CT molecular complexity index is 400. The van der Waals surface area contributed by atoms with Gasteiger partial charge in [0.15, 0.2) is 0 Å². The predicted molar refractivity (Wildman–Crippen MR) is 73.2 cm³/mol. The molecule has 0 aliphatic rings. The molecular weight excluding hydrogens is 226 g/mol. The standard InChI is InChI=1S/C15H21NO2/c1-5-11-16-15(12(2)3,14(17)18-4)13-9-7-6-8-10-13/h5-10,12,16H,1,11H2,2-4H3. The van der Waals surface area contributed by atoms with Gasteiger partial charge in [-0.05, 0) is 11.5 Å². The molecule has 1 atom stereocenters. The Hall–Kier alpha value is -1.61. The summed E-state index contributed by atoms with van der Waals surface area (Å²) in [4.78, 5) is 12.3. The minimum Gasteiger partial charge on any atom is -0.467 e. The minimum absolute atomic E-state index is 0.0623. The molecule has 0 saturated carbocycles. The average Bonchev–Trinajstić information content (AvgIpc) is 2.40. The summed E-state index contributed by atoms with van der Waals surface area (Å²) in [5.41, 5.74) is 0.0817. The molecule has 0 fully saturated rings. The summed E-state index contributed by atoms with van der Waals surface area (Å²) in [5, 5.41) is 3.26. The monoisotopic (exact) mass is 247 g/mol. The maximum atomic E-state index is 12.3. The van der Waals surface area contributed by atoms with Crippen LogP contribution in [0.15, 0.2) is 43.0 Å². The van der Waals surface area contributed by atoms with Crippen LogP contribution in [0.1, 0.15) is 19.4 Å². The smallest absolute Gasteiger partial charge is 0.331 e. The van der Waals surface area contributed by atoms with Crippen LogP contribution in [0.5, 0.6) is 0 Å². The molecule has 0 aliphatic carbocycles. The van der Waals surface area contributed by atoms with Crippen molar-refractivity contribution in [2.45, 2.75) is 19.4 Å². The lowest BCUT2D eigenvalue weighted by atomic mass is 9.79. The van der Waals surface area contributed by atoms with E-state index in [4.69, 9.17) is 4.74 Å². The highest BCUT2D eigenvalue weighted by Gasteiger charge is 2.43. The normalized spacial score (nSPS) is 14.0. The van der Waals surface area contributed by atoms with Crippen molar-refractivity contribution in [2.75, 3.05) is 13.7 Å². The van der Waals surface area contributed by atoms with Gasteiger partial charge in [0.25, 0.3) is 0 Å². The molecule has 3 heteroatoms. The molecule has 0 amide bonds. The van der Waals surface area contributed by atoms with E-state index in [1.165, 1.54) is 7.11 Å². The van der Waals surface area contributed by atoms with Crippen LogP contribution in [-0.4, -0.2) is 19.6 Å². The Morgan fingerprint density at radius 3 is 2.50 bits per heavy atom. The Kier molecular flexibility index (Phi) is 5.10. The number of carbonyl (C=O) groups is 1. The molecule has 0 saturated heterocycles. The molecule has 1 aromatic carbocycles.